The van der Waals surface area contributed by atoms with Gasteiger partial charge in [-0.25, -0.2) is 0 Å². The Kier molecular flexibility index (Phi) is 2.49. The molecule has 0 aliphatic carbocycles. The van der Waals surface area contributed by atoms with E-state index in [-0.39, 0.29) is 11.5 Å². The molecule has 0 saturated heterocycles. The van der Waals surface area contributed by atoms with Crippen LogP contribution in [0.25, 0.3) is 11.1 Å². The Hall–Kier alpha value is -2.47. The minimum absolute atomic E-state index is 0.0392. The third kappa shape index (κ3) is 1.57. The van der Waals surface area contributed by atoms with Gasteiger partial charge in [0.2, 0.25) is 0 Å². The predicted molar refractivity (Wildman–Crippen MR) is 59.9 cm³/mol. The number of aromatic hydroxyl groups is 2. The van der Waals surface area contributed by atoms with E-state index in [2.05, 4.69) is 0 Å². The van der Waals surface area contributed by atoms with Gasteiger partial charge in [-0.15, -0.1) is 0 Å². The van der Waals surface area contributed by atoms with Gasteiger partial charge in [0.05, 0.1) is 17.2 Å². The molecule has 2 N–H and O–H groups in total. The second-order valence-corrected chi connectivity index (χ2v) is 3.33. The highest BCUT2D eigenvalue weighted by Gasteiger charge is 2.12. The van der Waals surface area contributed by atoms with Crippen LogP contribution in [0.5, 0.6) is 11.5 Å². The number of phenols is 2. The molecule has 0 bridgehead atoms. The smallest absolute Gasteiger partial charge is 0.127 e. The number of rotatable bonds is 1. The molecular formula is C13H9NO2. The number of nitrogens with zero attached hydrogens (tertiary/aromatic N) is 1. The SMILES string of the molecule is N#Cc1ccccc1-c1c(O)cccc1O. The van der Waals surface area contributed by atoms with E-state index < -0.39 is 0 Å². The highest BCUT2D eigenvalue weighted by atomic mass is 16.3. The number of phenolic OH excluding ortho intramolecular Hbond substituents is 2. The zero-order valence-electron chi connectivity index (χ0n) is 8.38. The molecule has 0 amide bonds. The van der Waals surface area contributed by atoms with Gasteiger partial charge in [0.25, 0.3) is 0 Å². The van der Waals surface area contributed by atoms with Crippen molar-refractivity contribution in [2.75, 3.05) is 0 Å². The standard InChI is InChI=1S/C13H9NO2/c14-8-9-4-1-2-5-10(9)13-11(15)6-3-7-12(13)16/h1-7,15-16H. The van der Waals surface area contributed by atoms with Gasteiger partial charge in [0.1, 0.15) is 11.5 Å². The quantitative estimate of drug-likeness (QED) is 0.762. The first-order valence-corrected chi connectivity index (χ1v) is 4.74. The lowest BCUT2D eigenvalue weighted by Gasteiger charge is -2.08. The molecule has 16 heavy (non-hydrogen) atoms. The van der Waals surface area contributed by atoms with Crippen LogP contribution in [0.1, 0.15) is 5.56 Å². The van der Waals surface area contributed by atoms with Gasteiger partial charge in [-0.3, -0.25) is 0 Å². The van der Waals surface area contributed by atoms with Gasteiger partial charge in [0.15, 0.2) is 0 Å². The fourth-order valence-corrected chi connectivity index (χ4v) is 1.60. The molecule has 0 aromatic heterocycles. The molecule has 0 aliphatic rings. The van der Waals surface area contributed by atoms with Gasteiger partial charge in [-0.2, -0.15) is 5.26 Å². The number of nitriles is 1. The molecule has 0 fully saturated rings. The molecule has 3 heteroatoms. The van der Waals surface area contributed by atoms with Gasteiger partial charge in [-0.05, 0) is 18.2 Å². The van der Waals surface area contributed by atoms with E-state index in [1.807, 2.05) is 6.07 Å². The van der Waals surface area contributed by atoms with Crippen molar-refractivity contribution < 1.29 is 10.2 Å². The lowest BCUT2D eigenvalue weighted by Crippen LogP contribution is -1.85. The Balaban J connectivity index is 2.73. The Morgan fingerprint density at radius 1 is 0.875 bits per heavy atom. The highest BCUT2D eigenvalue weighted by Crippen LogP contribution is 2.38. The molecule has 3 nitrogen and oxygen atoms in total. The molecular weight excluding hydrogens is 202 g/mol. The lowest BCUT2D eigenvalue weighted by molar-refractivity contribution is 0.454. The minimum Gasteiger partial charge on any atom is -0.507 e. The predicted octanol–water partition coefficient (Wildman–Crippen LogP) is 2.64. The van der Waals surface area contributed by atoms with Gasteiger partial charge in [0, 0.05) is 5.56 Å². The van der Waals surface area contributed by atoms with Crippen molar-refractivity contribution in [1.82, 2.24) is 0 Å². The summed E-state index contributed by atoms with van der Waals surface area (Å²) in [5.74, 6) is -0.0783. The van der Waals surface area contributed by atoms with Crippen molar-refractivity contribution in [1.29, 1.82) is 5.26 Å². The maximum absolute atomic E-state index is 9.70. The Morgan fingerprint density at radius 2 is 1.50 bits per heavy atom. The summed E-state index contributed by atoms with van der Waals surface area (Å²) in [6, 6.07) is 13.3. The number of hydrogen-bond acceptors (Lipinski definition) is 3. The average Bonchev–Trinajstić information content (AvgIpc) is 2.29. The summed E-state index contributed by atoms with van der Waals surface area (Å²) in [7, 11) is 0. The molecule has 0 heterocycles. The highest BCUT2D eigenvalue weighted by molar-refractivity contribution is 5.80. The van der Waals surface area contributed by atoms with Crippen molar-refractivity contribution in [3.8, 4) is 28.7 Å². The van der Waals surface area contributed by atoms with Crippen LogP contribution in [0, 0.1) is 11.3 Å². The number of hydrogen-bond donors (Lipinski definition) is 2. The molecule has 0 saturated carbocycles. The summed E-state index contributed by atoms with van der Waals surface area (Å²) in [5, 5.41) is 28.3. The average molecular weight is 211 g/mol. The second kappa shape index (κ2) is 3.95. The van der Waals surface area contributed by atoms with Gasteiger partial charge in [-0.1, -0.05) is 24.3 Å². The largest absolute Gasteiger partial charge is 0.507 e. The van der Waals surface area contributed by atoms with E-state index in [4.69, 9.17) is 5.26 Å². The summed E-state index contributed by atoms with van der Waals surface area (Å²) in [6.45, 7) is 0. The first-order chi connectivity index (χ1) is 7.74. The third-order valence-electron chi connectivity index (χ3n) is 2.34. The van der Waals surface area contributed by atoms with Gasteiger partial charge >= 0.3 is 0 Å². The molecule has 0 aliphatic heterocycles. The van der Waals surface area contributed by atoms with Crippen LogP contribution >= 0.6 is 0 Å². The topological polar surface area (TPSA) is 64.2 Å². The van der Waals surface area contributed by atoms with Crippen LogP contribution in [0.15, 0.2) is 42.5 Å². The summed E-state index contributed by atoms with van der Waals surface area (Å²) in [6.07, 6.45) is 0. The molecule has 0 unspecified atom stereocenters. The fraction of sp³-hybridized carbons (Fsp3) is 0. The second-order valence-electron chi connectivity index (χ2n) is 3.33. The number of benzene rings is 2. The normalized spacial score (nSPS) is 9.69. The van der Waals surface area contributed by atoms with E-state index in [1.165, 1.54) is 12.1 Å². The first kappa shape index (κ1) is 10.1. The molecule has 2 aromatic carbocycles. The zero-order chi connectivity index (χ0) is 11.5. The van der Waals surface area contributed by atoms with Crippen molar-refractivity contribution in [3.05, 3.63) is 48.0 Å². The summed E-state index contributed by atoms with van der Waals surface area (Å²) in [4.78, 5) is 0. The molecule has 0 atom stereocenters. The Labute approximate surface area is 92.8 Å². The Bertz CT molecular complexity index is 550. The molecule has 2 aromatic rings. The zero-order valence-corrected chi connectivity index (χ0v) is 8.38. The maximum Gasteiger partial charge on any atom is 0.127 e. The molecule has 0 radical (unpaired) electrons. The molecule has 0 spiro atoms. The lowest BCUT2D eigenvalue weighted by atomic mass is 9.99. The monoisotopic (exact) mass is 211 g/mol. The van der Waals surface area contributed by atoms with E-state index in [1.54, 1.807) is 30.3 Å². The van der Waals surface area contributed by atoms with E-state index in [0.29, 0.717) is 16.7 Å². The van der Waals surface area contributed by atoms with Crippen LogP contribution in [-0.4, -0.2) is 10.2 Å². The molecule has 2 rings (SSSR count). The fourth-order valence-electron chi connectivity index (χ4n) is 1.60. The van der Waals surface area contributed by atoms with Crippen LogP contribution in [0.4, 0.5) is 0 Å². The first-order valence-electron chi connectivity index (χ1n) is 4.74. The van der Waals surface area contributed by atoms with Crippen molar-refractivity contribution in [2.45, 2.75) is 0 Å². The van der Waals surface area contributed by atoms with E-state index >= 15 is 0 Å². The van der Waals surface area contributed by atoms with Crippen LogP contribution < -0.4 is 0 Å². The summed E-state index contributed by atoms with van der Waals surface area (Å²) >= 11 is 0. The third-order valence-corrected chi connectivity index (χ3v) is 2.34. The van der Waals surface area contributed by atoms with Gasteiger partial charge < -0.3 is 10.2 Å². The summed E-state index contributed by atoms with van der Waals surface area (Å²) in [5.41, 5.74) is 1.24. The van der Waals surface area contributed by atoms with Crippen LogP contribution in [0.2, 0.25) is 0 Å². The van der Waals surface area contributed by atoms with Crippen molar-refractivity contribution in [3.63, 3.8) is 0 Å². The van der Waals surface area contributed by atoms with E-state index in [0.717, 1.165) is 0 Å². The van der Waals surface area contributed by atoms with Crippen LogP contribution in [0.3, 0.4) is 0 Å². The molecule has 78 valence electrons. The van der Waals surface area contributed by atoms with Crippen molar-refractivity contribution in [2.24, 2.45) is 0 Å². The maximum atomic E-state index is 9.70. The van der Waals surface area contributed by atoms with Crippen molar-refractivity contribution >= 4 is 0 Å². The van der Waals surface area contributed by atoms with Crippen LogP contribution in [-0.2, 0) is 0 Å². The van der Waals surface area contributed by atoms with E-state index in [9.17, 15) is 10.2 Å². The summed E-state index contributed by atoms with van der Waals surface area (Å²) < 4.78 is 0. The Morgan fingerprint density at radius 3 is 2.12 bits per heavy atom. The minimum atomic E-state index is -0.0392.